The molecule has 8 heteroatoms. The maximum Gasteiger partial charge on any atom is 0.276 e. The van der Waals surface area contributed by atoms with E-state index in [1.807, 2.05) is 42.3 Å². The molecule has 2 aromatic carbocycles. The number of amides is 1. The summed E-state index contributed by atoms with van der Waals surface area (Å²) in [6.07, 6.45) is 4.46. The van der Waals surface area contributed by atoms with Crippen LogP contribution < -0.4 is 4.74 Å². The van der Waals surface area contributed by atoms with Crippen LogP contribution in [0.15, 0.2) is 84.8 Å². The molecular formula is C26H26FN3O4. The molecule has 1 N–H and O–H groups in total. The first-order valence-electron chi connectivity index (χ1n) is 10.8. The average Bonchev–Trinajstić information content (AvgIpc) is 2.86. The predicted molar refractivity (Wildman–Crippen MR) is 125 cm³/mol. The van der Waals surface area contributed by atoms with Crippen molar-refractivity contribution in [3.8, 4) is 5.75 Å². The molecule has 0 spiro atoms. The third kappa shape index (κ3) is 3.86. The van der Waals surface area contributed by atoms with Crippen LogP contribution >= 0.6 is 0 Å². The molecule has 2 aliphatic rings. The third-order valence-electron chi connectivity index (χ3n) is 6.27. The highest BCUT2D eigenvalue weighted by Gasteiger charge is 2.47. The van der Waals surface area contributed by atoms with Crippen LogP contribution in [0.5, 0.6) is 5.75 Å². The summed E-state index contributed by atoms with van der Waals surface area (Å²) >= 11 is 0. The molecule has 1 amide bonds. The summed E-state index contributed by atoms with van der Waals surface area (Å²) in [7, 11) is 1.61. The number of nitrogens with zero attached hydrogens (tertiary/aromatic N) is 3. The Balaban J connectivity index is 2.02. The number of halogens is 1. The first-order valence-corrected chi connectivity index (χ1v) is 10.8. The maximum atomic E-state index is 14.3. The molecule has 0 unspecified atom stereocenters. The summed E-state index contributed by atoms with van der Waals surface area (Å²) < 4.78 is 20.2. The highest BCUT2D eigenvalue weighted by molar-refractivity contribution is 6.08. The lowest BCUT2D eigenvalue weighted by Crippen LogP contribution is -2.63. The molecule has 2 aromatic rings. The van der Waals surface area contributed by atoms with Gasteiger partial charge < -0.3 is 14.7 Å². The van der Waals surface area contributed by atoms with Gasteiger partial charge in [-0.3, -0.25) is 14.6 Å². The molecule has 0 aliphatic carbocycles. The second-order valence-corrected chi connectivity index (χ2v) is 8.22. The number of carbonyl (C=O) groups is 2. The van der Waals surface area contributed by atoms with Crippen molar-refractivity contribution in [3.05, 3.63) is 102 Å². The third-order valence-corrected chi connectivity index (χ3v) is 6.27. The van der Waals surface area contributed by atoms with E-state index in [0.29, 0.717) is 11.3 Å². The van der Waals surface area contributed by atoms with Gasteiger partial charge in [0, 0.05) is 25.2 Å². The van der Waals surface area contributed by atoms with E-state index in [1.165, 1.54) is 22.0 Å². The molecule has 7 nitrogen and oxygen atoms in total. The molecule has 4 rings (SSSR count). The van der Waals surface area contributed by atoms with Crippen molar-refractivity contribution in [3.63, 3.8) is 0 Å². The molecule has 2 atom stereocenters. The number of likely N-dealkylation sites (N-methyl/N-ethyl adjacent to an activating group) is 1. The molecular weight excluding hydrogens is 437 g/mol. The summed E-state index contributed by atoms with van der Waals surface area (Å²) in [6.45, 7) is 5.90. The summed E-state index contributed by atoms with van der Waals surface area (Å²) in [6, 6.07) is 13.9. The van der Waals surface area contributed by atoms with Crippen LogP contribution in [0.1, 0.15) is 18.1 Å². The smallest absolute Gasteiger partial charge is 0.276 e. The van der Waals surface area contributed by atoms with E-state index in [0.717, 1.165) is 11.6 Å². The molecule has 2 aliphatic heterocycles. The number of carbonyl (C=O) groups excluding carboxylic acids is 2. The Morgan fingerprint density at radius 3 is 2.65 bits per heavy atom. The zero-order chi connectivity index (χ0) is 24.5. The fourth-order valence-corrected chi connectivity index (χ4v) is 4.41. The van der Waals surface area contributed by atoms with Crippen LogP contribution in [0.25, 0.3) is 0 Å². The quantitative estimate of drug-likeness (QED) is 0.427. The zero-order valence-electron chi connectivity index (χ0n) is 19.1. The predicted octanol–water partition coefficient (Wildman–Crippen LogP) is 3.51. The summed E-state index contributed by atoms with van der Waals surface area (Å²) in [5.41, 5.74) is 0.347. The Morgan fingerprint density at radius 2 is 1.94 bits per heavy atom. The minimum absolute atomic E-state index is 0.140. The van der Waals surface area contributed by atoms with Crippen LogP contribution in [0, 0.1) is 5.82 Å². The van der Waals surface area contributed by atoms with Crippen LogP contribution in [0.3, 0.4) is 0 Å². The molecule has 34 heavy (non-hydrogen) atoms. The SMILES string of the molecule is C=CC(=O)/C(O)=C1/C(=O)N2C/C=C\COc3cc(F)ccc3[C@@](C)(c3ccccc3)[N@@](C2)N1C. The number of fused-ring (bicyclic) bond motifs is 3. The largest absolute Gasteiger partial charge is 0.503 e. The topological polar surface area (TPSA) is 73.3 Å². The number of aliphatic hydroxyl groups excluding tert-OH is 1. The lowest BCUT2D eigenvalue weighted by atomic mass is 9.83. The number of aliphatic hydroxyl groups is 1. The monoisotopic (exact) mass is 463 g/mol. The van der Waals surface area contributed by atoms with Crippen LogP contribution in [-0.4, -0.2) is 58.6 Å². The standard InChI is InChI=1S/C26H26FN3O4/c1-4-21(31)24(32)23-25(33)29-14-8-9-15-34-22-16-19(27)12-13-20(22)26(2,30(17-29)28(23)3)18-10-6-5-7-11-18/h4-13,16,32H,1,14-15,17H2,2-3H3/b9-8-,24-23+/t26-/m1/s1. The molecule has 2 bridgehead atoms. The van der Waals surface area contributed by atoms with Crippen molar-refractivity contribution in [1.29, 1.82) is 0 Å². The van der Waals surface area contributed by atoms with Crippen LogP contribution in [0.4, 0.5) is 4.39 Å². The summed E-state index contributed by atoms with van der Waals surface area (Å²) in [5, 5.41) is 14.0. The number of hydrazine groups is 1. The number of hydrogen-bond donors (Lipinski definition) is 1. The van der Waals surface area contributed by atoms with Gasteiger partial charge in [-0.05, 0) is 30.7 Å². The number of hydrogen-bond acceptors (Lipinski definition) is 6. The van der Waals surface area contributed by atoms with E-state index >= 15 is 0 Å². The van der Waals surface area contributed by atoms with E-state index in [9.17, 15) is 19.1 Å². The van der Waals surface area contributed by atoms with Crippen LogP contribution in [-0.2, 0) is 15.1 Å². The van der Waals surface area contributed by atoms with Gasteiger partial charge in [0.25, 0.3) is 5.91 Å². The number of benzene rings is 2. The van der Waals surface area contributed by atoms with Crippen molar-refractivity contribution < 1.29 is 23.8 Å². The Bertz CT molecular complexity index is 1190. The van der Waals surface area contributed by atoms with Gasteiger partial charge in [-0.1, -0.05) is 49.1 Å². The number of ketones is 1. The van der Waals surface area contributed by atoms with Crippen molar-refractivity contribution in [1.82, 2.24) is 14.9 Å². The van der Waals surface area contributed by atoms with Gasteiger partial charge in [-0.25, -0.2) is 4.39 Å². The summed E-state index contributed by atoms with van der Waals surface area (Å²) in [4.78, 5) is 27.2. The van der Waals surface area contributed by atoms with Crippen molar-refractivity contribution >= 4 is 11.7 Å². The second kappa shape index (κ2) is 9.15. The fraction of sp³-hybridized carbons (Fsp3) is 0.231. The highest BCUT2D eigenvalue weighted by atomic mass is 19.1. The normalized spacial score (nSPS) is 24.9. The fourth-order valence-electron chi connectivity index (χ4n) is 4.41. The number of allylic oxidation sites excluding steroid dienone is 1. The number of rotatable bonds is 3. The van der Waals surface area contributed by atoms with E-state index in [4.69, 9.17) is 4.74 Å². The number of ether oxygens (including phenoxy) is 1. The molecule has 0 aromatic heterocycles. The van der Waals surface area contributed by atoms with E-state index in [2.05, 4.69) is 6.58 Å². The Labute approximate surface area is 197 Å². The molecule has 1 fully saturated rings. The van der Waals surface area contributed by atoms with Crippen molar-refractivity contribution in [2.75, 3.05) is 26.9 Å². The molecule has 0 radical (unpaired) electrons. The summed E-state index contributed by atoms with van der Waals surface area (Å²) in [5.74, 6) is -2.03. The van der Waals surface area contributed by atoms with Gasteiger partial charge in [0.2, 0.25) is 5.78 Å². The Hall–Kier alpha value is -3.91. The average molecular weight is 464 g/mol. The Morgan fingerprint density at radius 1 is 1.21 bits per heavy atom. The van der Waals surface area contributed by atoms with Gasteiger partial charge in [-0.15, -0.1) is 0 Å². The van der Waals surface area contributed by atoms with Crippen molar-refractivity contribution in [2.45, 2.75) is 12.5 Å². The van der Waals surface area contributed by atoms with Gasteiger partial charge in [-0.2, -0.15) is 5.01 Å². The lowest BCUT2D eigenvalue weighted by molar-refractivity contribution is -0.159. The molecule has 2 heterocycles. The maximum absolute atomic E-state index is 14.3. The minimum atomic E-state index is -0.981. The molecule has 1 saturated heterocycles. The highest BCUT2D eigenvalue weighted by Crippen LogP contribution is 2.43. The lowest BCUT2D eigenvalue weighted by Gasteiger charge is -2.52. The Kier molecular flexibility index (Phi) is 6.26. The van der Waals surface area contributed by atoms with E-state index in [-0.39, 0.29) is 25.5 Å². The first-order chi connectivity index (χ1) is 16.3. The van der Waals surface area contributed by atoms with Gasteiger partial charge in [0.05, 0.1) is 12.2 Å². The second-order valence-electron chi connectivity index (χ2n) is 8.22. The minimum Gasteiger partial charge on any atom is -0.503 e. The van der Waals surface area contributed by atoms with Gasteiger partial charge >= 0.3 is 0 Å². The van der Waals surface area contributed by atoms with E-state index < -0.39 is 28.8 Å². The van der Waals surface area contributed by atoms with E-state index in [1.54, 1.807) is 25.3 Å². The van der Waals surface area contributed by atoms with Crippen molar-refractivity contribution in [2.24, 2.45) is 0 Å². The molecule has 176 valence electrons. The zero-order valence-corrected chi connectivity index (χ0v) is 19.1. The van der Waals surface area contributed by atoms with Gasteiger partial charge in [0.15, 0.2) is 11.5 Å². The van der Waals surface area contributed by atoms with Gasteiger partial charge in [0.1, 0.15) is 18.2 Å². The first kappa shape index (κ1) is 23.3. The van der Waals surface area contributed by atoms with Crippen LogP contribution in [0.2, 0.25) is 0 Å². The molecule has 0 saturated carbocycles.